The predicted octanol–water partition coefficient (Wildman–Crippen LogP) is 5.28. The van der Waals surface area contributed by atoms with Gasteiger partial charge in [-0.25, -0.2) is 4.98 Å². The van der Waals surface area contributed by atoms with E-state index >= 15 is 0 Å². The van der Waals surface area contributed by atoms with E-state index in [1.54, 1.807) is 26.1 Å². The Morgan fingerprint density at radius 1 is 0.912 bits per heavy atom. The van der Waals surface area contributed by atoms with Crippen molar-refractivity contribution in [1.29, 1.82) is 0 Å². The molecule has 0 aliphatic carbocycles. The monoisotopic (exact) mass is 451 g/mol. The number of rotatable bonds is 5. The Hall–Kier alpha value is -4.72. The molecule has 0 saturated carbocycles. The minimum absolute atomic E-state index is 0.0596. The first-order valence-electron chi connectivity index (χ1n) is 10.7. The maximum atomic E-state index is 13.7. The number of hydrogen-bond acceptors (Lipinski definition) is 5. The van der Waals surface area contributed by atoms with Crippen LogP contribution in [-0.4, -0.2) is 26.6 Å². The van der Waals surface area contributed by atoms with Gasteiger partial charge in [-0.3, -0.25) is 20.0 Å². The van der Waals surface area contributed by atoms with E-state index in [1.165, 1.54) is 10.6 Å². The summed E-state index contributed by atoms with van der Waals surface area (Å²) < 4.78 is 1.45. The lowest BCUT2D eigenvalue weighted by molar-refractivity contribution is -0.383. The molecule has 5 aromatic rings. The van der Waals surface area contributed by atoms with Crippen LogP contribution in [0.3, 0.4) is 0 Å². The highest BCUT2D eigenvalue weighted by Crippen LogP contribution is 2.35. The molecule has 0 saturated heterocycles. The van der Waals surface area contributed by atoms with Gasteiger partial charge in [0.15, 0.2) is 5.65 Å². The first-order valence-corrected chi connectivity index (χ1v) is 10.7. The number of nitro benzene ring substituents is 1. The van der Waals surface area contributed by atoms with E-state index in [-0.39, 0.29) is 11.2 Å². The number of nitrogens with one attached hydrogen (secondary N) is 2. The second-order valence-corrected chi connectivity index (χ2v) is 7.87. The van der Waals surface area contributed by atoms with Crippen LogP contribution in [0, 0.1) is 17.0 Å². The van der Waals surface area contributed by atoms with Crippen molar-refractivity contribution in [1.82, 2.24) is 14.6 Å². The number of fused-ring (bicyclic) bond motifs is 1. The van der Waals surface area contributed by atoms with E-state index in [9.17, 15) is 14.9 Å². The van der Waals surface area contributed by atoms with Crippen LogP contribution < -0.4 is 10.9 Å². The molecule has 0 spiro atoms. The van der Waals surface area contributed by atoms with Crippen LogP contribution in [0.4, 0.5) is 11.4 Å². The zero-order valence-electron chi connectivity index (χ0n) is 18.6. The average molecular weight is 451 g/mol. The minimum atomic E-state index is -0.458. The Balaban J connectivity index is 1.81. The molecule has 3 aromatic carbocycles. The average Bonchev–Trinajstić information content (AvgIpc) is 3.24. The van der Waals surface area contributed by atoms with Crippen molar-refractivity contribution in [3.8, 4) is 33.5 Å². The zero-order chi connectivity index (χ0) is 23.8. The van der Waals surface area contributed by atoms with Gasteiger partial charge in [-0.05, 0) is 30.2 Å². The molecule has 0 radical (unpaired) electrons. The Bertz CT molecular complexity index is 1590. The Morgan fingerprint density at radius 3 is 2.18 bits per heavy atom. The van der Waals surface area contributed by atoms with E-state index in [4.69, 9.17) is 4.98 Å². The van der Waals surface area contributed by atoms with E-state index in [1.807, 2.05) is 60.7 Å². The van der Waals surface area contributed by atoms with Gasteiger partial charge in [-0.2, -0.15) is 4.52 Å². The fraction of sp³-hybridized carbons (Fsp3) is 0.0769. The molecule has 0 unspecified atom stereocenters. The Morgan fingerprint density at radius 2 is 1.56 bits per heavy atom. The molecule has 34 heavy (non-hydrogen) atoms. The number of aryl methyl sites for hydroxylation is 1. The van der Waals surface area contributed by atoms with Crippen molar-refractivity contribution in [2.24, 2.45) is 0 Å². The lowest BCUT2D eigenvalue weighted by Crippen LogP contribution is -2.19. The molecule has 2 aromatic heterocycles. The maximum absolute atomic E-state index is 13.7. The third-order valence-corrected chi connectivity index (χ3v) is 5.84. The number of H-pyrrole nitrogens is 1. The second kappa shape index (κ2) is 8.32. The quantitative estimate of drug-likeness (QED) is 0.279. The van der Waals surface area contributed by atoms with Gasteiger partial charge < -0.3 is 5.32 Å². The summed E-state index contributed by atoms with van der Waals surface area (Å²) in [7, 11) is 1.61. The van der Waals surface area contributed by atoms with Gasteiger partial charge in [0.1, 0.15) is 5.69 Å². The van der Waals surface area contributed by atoms with Crippen LogP contribution in [0.5, 0.6) is 0 Å². The van der Waals surface area contributed by atoms with E-state index in [0.29, 0.717) is 28.2 Å². The number of anilines is 1. The van der Waals surface area contributed by atoms with Crippen molar-refractivity contribution >= 4 is 17.0 Å². The van der Waals surface area contributed by atoms with Crippen LogP contribution in [0.25, 0.3) is 39.2 Å². The van der Waals surface area contributed by atoms with Gasteiger partial charge in [0, 0.05) is 18.7 Å². The first-order chi connectivity index (χ1) is 16.5. The number of nitrogens with zero attached hydrogens (tertiary/aromatic N) is 3. The number of aromatic nitrogens is 3. The summed E-state index contributed by atoms with van der Waals surface area (Å²) in [5.41, 5.74) is 5.46. The SMILES string of the molecule is CNc1cc(-c2c(C)nc3c(-c4ccccc4)c(-c4ccccc4)[nH]n3c2=O)ccc1[N+](=O)[O-]. The van der Waals surface area contributed by atoms with Crippen LogP contribution >= 0.6 is 0 Å². The highest BCUT2D eigenvalue weighted by molar-refractivity contribution is 5.91. The summed E-state index contributed by atoms with van der Waals surface area (Å²) in [6, 6.07) is 24.2. The van der Waals surface area contributed by atoms with Crippen LogP contribution in [0.15, 0.2) is 83.7 Å². The van der Waals surface area contributed by atoms with Crippen LogP contribution in [0.2, 0.25) is 0 Å². The summed E-state index contributed by atoms with van der Waals surface area (Å²) in [4.78, 5) is 29.4. The maximum Gasteiger partial charge on any atom is 0.292 e. The van der Waals surface area contributed by atoms with E-state index in [2.05, 4.69) is 10.4 Å². The standard InChI is InChI=1S/C26H21N5O3/c1-16-22(19-13-14-21(31(33)34)20(15-19)27-2)26(32)30-25(28-16)23(17-9-5-3-6-10-17)24(29-30)18-11-7-4-8-12-18/h3-15,27,29H,1-2H3. The molecule has 2 N–H and O–H groups in total. The summed E-state index contributed by atoms with van der Waals surface area (Å²) in [6.07, 6.45) is 0. The van der Waals surface area contributed by atoms with Gasteiger partial charge in [0.05, 0.1) is 27.4 Å². The Kier molecular flexibility index (Phi) is 5.18. The van der Waals surface area contributed by atoms with Crippen molar-refractivity contribution in [3.05, 3.63) is 105 Å². The number of hydrogen-bond donors (Lipinski definition) is 2. The molecule has 8 heteroatoms. The summed E-state index contributed by atoms with van der Waals surface area (Å²) in [6.45, 7) is 1.78. The zero-order valence-corrected chi connectivity index (χ0v) is 18.6. The molecular weight excluding hydrogens is 430 g/mol. The molecule has 0 aliphatic heterocycles. The summed E-state index contributed by atoms with van der Waals surface area (Å²) >= 11 is 0. The first kappa shape index (κ1) is 21.1. The van der Waals surface area contributed by atoms with Crippen molar-refractivity contribution in [2.45, 2.75) is 6.92 Å². The second-order valence-electron chi connectivity index (χ2n) is 7.87. The molecule has 0 aliphatic rings. The van der Waals surface area contributed by atoms with Gasteiger partial charge >= 0.3 is 0 Å². The molecule has 8 nitrogen and oxygen atoms in total. The molecular formula is C26H21N5O3. The Labute approximate surface area is 194 Å². The summed E-state index contributed by atoms with van der Waals surface area (Å²) in [5, 5.41) is 17.4. The molecule has 0 bridgehead atoms. The smallest absolute Gasteiger partial charge is 0.292 e. The van der Waals surface area contributed by atoms with Gasteiger partial charge in [0.2, 0.25) is 0 Å². The largest absolute Gasteiger partial charge is 0.383 e. The molecule has 5 rings (SSSR count). The molecule has 0 fully saturated rings. The summed E-state index contributed by atoms with van der Waals surface area (Å²) in [5.74, 6) is 0. The molecule has 168 valence electrons. The molecule has 0 amide bonds. The fourth-order valence-electron chi connectivity index (χ4n) is 4.25. The number of nitro groups is 1. The topological polar surface area (TPSA) is 105 Å². The third-order valence-electron chi connectivity index (χ3n) is 5.84. The third kappa shape index (κ3) is 3.41. The van der Waals surface area contributed by atoms with Gasteiger partial charge in [-0.1, -0.05) is 60.7 Å². The van der Waals surface area contributed by atoms with Crippen LogP contribution in [-0.2, 0) is 0 Å². The van der Waals surface area contributed by atoms with Crippen molar-refractivity contribution in [2.75, 3.05) is 12.4 Å². The molecule has 0 atom stereocenters. The molecule has 2 heterocycles. The highest BCUT2D eigenvalue weighted by atomic mass is 16.6. The lowest BCUT2D eigenvalue weighted by Gasteiger charge is -2.09. The minimum Gasteiger partial charge on any atom is -0.383 e. The normalized spacial score (nSPS) is 11.0. The number of benzene rings is 3. The van der Waals surface area contributed by atoms with Crippen molar-refractivity contribution < 1.29 is 4.92 Å². The van der Waals surface area contributed by atoms with E-state index < -0.39 is 4.92 Å². The van der Waals surface area contributed by atoms with Crippen molar-refractivity contribution in [3.63, 3.8) is 0 Å². The highest BCUT2D eigenvalue weighted by Gasteiger charge is 2.22. The lowest BCUT2D eigenvalue weighted by atomic mass is 10.0. The predicted molar refractivity (Wildman–Crippen MR) is 133 cm³/mol. The van der Waals surface area contributed by atoms with E-state index in [0.717, 1.165) is 22.4 Å². The van der Waals surface area contributed by atoms with Gasteiger partial charge in [-0.15, -0.1) is 0 Å². The van der Waals surface area contributed by atoms with Gasteiger partial charge in [0.25, 0.3) is 11.2 Å². The fourth-order valence-corrected chi connectivity index (χ4v) is 4.25. The van der Waals surface area contributed by atoms with Crippen LogP contribution in [0.1, 0.15) is 5.69 Å². The number of aromatic amines is 1.